The molecule has 0 fully saturated rings. The van der Waals surface area contributed by atoms with Crippen molar-refractivity contribution in [2.75, 3.05) is 4.90 Å². The Balaban J connectivity index is 0.849. The molecule has 0 radical (unpaired) electrons. The van der Waals surface area contributed by atoms with Crippen LogP contribution in [0.25, 0.3) is 75.9 Å². The minimum Gasteiger partial charge on any atom is -0.310 e. The summed E-state index contributed by atoms with van der Waals surface area (Å²) in [5, 5.41) is 19.2. The number of rotatable bonds is 12. The molecular weight excluding hydrogens is 993 g/mol. The second-order valence-corrected chi connectivity index (χ2v) is 28.2. The fourth-order valence-corrected chi connectivity index (χ4v) is 22.2. The Hall–Kier alpha value is -9.00. The van der Waals surface area contributed by atoms with Gasteiger partial charge in [-0.3, -0.25) is 0 Å². The molecule has 0 saturated heterocycles. The molecule has 14 rings (SSSR count). The third-order valence-electron chi connectivity index (χ3n) is 15.6. The lowest BCUT2D eigenvalue weighted by molar-refractivity contribution is 1.29. The van der Waals surface area contributed by atoms with Gasteiger partial charge in [0, 0.05) is 37.5 Å². The van der Waals surface area contributed by atoms with Gasteiger partial charge in [0.2, 0.25) is 0 Å². The molecule has 78 heavy (non-hydrogen) atoms. The zero-order chi connectivity index (χ0) is 51.8. The first-order chi connectivity index (χ1) is 38.7. The molecule has 0 aliphatic heterocycles. The zero-order valence-corrected chi connectivity index (χ0v) is 45.7. The second kappa shape index (κ2) is 20.5. The minimum atomic E-state index is -2.64. The van der Waals surface area contributed by atoms with Gasteiger partial charge in [0.05, 0.1) is 0 Å². The van der Waals surface area contributed by atoms with E-state index in [-0.39, 0.29) is 0 Å². The number of anilines is 3. The molecule has 0 spiro atoms. The van der Waals surface area contributed by atoms with Crippen molar-refractivity contribution >= 4 is 115 Å². The first-order valence-electron chi connectivity index (χ1n) is 26.8. The molecule has 12 aromatic carbocycles. The molecule has 0 aliphatic carbocycles. The van der Waals surface area contributed by atoms with Crippen LogP contribution in [0.3, 0.4) is 0 Å². The van der Waals surface area contributed by atoms with Gasteiger partial charge in [-0.1, -0.05) is 282 Å². The Morgan fingerprint density at radius 1 is 0.256 bits per heavy atom. The van der Waals surface area contributed by atoms with Crippen LogP contribution in [0, 0.1) is 0 Å². The van der Waals surface area contributed by atoms with Crippen LogP contribution in [0.4, 0.5) is 17.1 Å². The Morgan fingerprint density at radius 2 is 0.590 bits per heavy atom. The number of para-hydroxylation sites is 2. The molecule has 2 atom stereocenters. The van der Waals surface area contributed by atoms with Crippen LogP contribution in [-0.2, 0) is 0 Å². The van der Waals surface area contributed by atoms with Crippen molar-refractivity contribution in [3.8, 4) is 21.7 Å². The summed E-state index contributed by atoms with van der Waals surface area (Å²) >= 11 is 0. The quantitative estimate of drug-likeness (QED) is 0.0670. The highest BCUT2D eigenvalue weighted by atomic mass is 31.1. The predicted molar refractivity (Wildman–Crippen MR) is 344 cm³/mol. The number of fused-ring (bicyclic) bond motifs is 6. The number of hydrogen-bond acceptors (Lipinski definition) is 1. The average Bonchev–Trinajstić information content (AvgIpc) is 4.17. The fraction of sp³-hybridized carbons (Fsp3) is 0. The van der Waals surface area contributed by atoms with E-state index in [0.717, 1.165) is 17.1 Å². The first-order valence-corrected chi connectivity index (χ1v) is 31.5. The van der Waals surface area contributed by atoms with E-state index >= 15 is 0 Å². The van der Waals surface area contributed by atoms with Gasteiger partial charge in [-0.15, -0.1) is 0 Å². The summed E-state index contributed by atoms with van der Waals surface area (Å²) in [6.07, 6.45) is 4.64. The van der Waals surface area contributed by atoms with E-state index in [2.05, 4.69) is 326 Å². The lowest BCUT2D eigenvalue weighted by Gasteiger charge is -2.34. The molecule has 4 heteroatoms. The summed E-state index contributed by atoms with van der Waals surface area (Å²) < 4.78 is 0. The summed E-state index contributed by atoms with van der Waals surface area (Å²) in [6, 6.07) is 115. The Bertz CT molecular complexity index is 4310. The van der Waals surface area contributed by atoms with E-state index in [9.17, 15) is 0 Å². The van der Waals surface area contributed by atoms with E-state index in [4.69, 9.17) is 0 Å². The van der Waals surface area contributed by atoms with Crippen LogP contribution >= 0.6 is 15.1 Å². The standard InChI is InChI=1S/C74H53NP2Si/c1-8-22-58(23-9-1)75(59-24-10-2-11-25-59)60-43-49-70-68-47-39-55(51-72(68)77(74(70)53-60)62-28-14-4-15-29-62)37-36-54-38-46-67-69-48-42-57(52-73(69)76(71(67)50-54)61-26-12-3-13-27-61)56-40-44-66(45-41-56)78(63-30-16-5-17-31-63,64-32-18-6-19-33-64)65-34-20-7-21-35-65/h1-53H/b37-36+. The monoisotopic (exact) mass is 1050 g/mol. The predicted octanol–water partition coefficient (Wildman–Crippen LogP) is 18.9. The van der Waals surface area contributed by atoms with Gasteiger partial charge in [-0.2, -0.15) is 0 Å². The van der Waals surface area contributed by atoms with Crippen LogP contribution in [0.1, 0.15) is 11.1 Å². The lowest BCUT2D eigenvalue weighted by Crippen LogP contribution is -2.74. The fourth-order valence-electron chi connectivity index (χ4n) is 12.1. The summed E-state index contributed by atoms with van der Waals surface area (Å²) in [7, 11) is -4.25. The molecule has 0 saturated carbocycles. The molecule has 14 aromatic rings. The third-order valence-corrected chi connectivity index (χ3v) is 25.5. The number of benzene rings is 12. The maximum atomic E-state index is 2.49. The molecule has 1 nitrogen and oxygen atoms in total. The summed E-state index contributed by atoms with van der Waals surface area (Å²) in [5.74, 6) is 0. The maximum absolute atomic E-state index is 2.64. The average molecular weight is 1050 g/mol. The largest absolute Gasteiger partial charge is 0.310 e. The molecule has 2 heterocycles. The lowest BCUT2D eigenvalue weighted by atomic mass is 10.0. The Kier molecular flexibility index (Phi) is 12.5. The molecule has 0 aliphatic rings. The zero-order valence-electron chi connectivity index (χ0n) is 42.9. The molecule has 0 amide bonds. The van der Waals surface area contributed by atoms with Crippen molar-refractivity contribution in [1.29, 1.82) is 0 Å². The molecular formula is C74H53NP2Si. The SMILES string of the molecule is C(=C\c1ccc2c3ccc(N(c4ccccc4)c4ccccc4)cc3p(-c3ccccc3)c2c1)/c1ccc2c3ccc(-c4ccc([Si](c5ccccc5)(c5ccccc5)c5ccccc5)cc4)cc3p(-c3ccccc3)c2c1. The Labute approximate surface area is 459 Å². The molecule has 2 unspecified atom stereocenters. The highest BCUT2D eigenvalue weighted by molar-refractivity contribution is 7.68. The molecule has 368 valence electrons. The van der Waals surface area contributed by atoms with Crippen molar-refractivity contribution in [1.82, 2.24) is 0 Å². The molecule has 0 N–H and O–H groups in total. The van der Waals surface area contributed by atoms with Crippen LogP contribution in [0.15, 0.2) is 309 Å². The maximum Gasteiger partial charge on any atom is 0.179 e. The van der Waals surface area contributed by atoms with Crippen molar-refractivity contribution in [3.05, 3.63) is 321 Å². The van der Waals surface area contributed by atoms with Crippen molar-refractivity contribution in [2.24, 2.45) is 0 Å². The molecule has 0 bridgehead atoms. The van der Waals surface area contributed by atoms with E-state index in [1.807, 2.05) is 0 Å². The van der Waals surface area contributed by atoms with Gasteiger partial charge in [0.25, 0.3) is 0 Å². The van der Waals surface area contributed by atoms with Crippen LogP contribution in [-0.4, -0.2) is 8.07 Å². The van der Waals surface area contributed by atoms with Crippen LogP contribution in [0.5, 0.6) is 0 Å². The number of nitrogens with zero attached hydrogens (tertiary/aromatic N) is 1. The van der Waals surface area contributed by atoms with Crippen molar-refractivity contribution in [3.63, 3.8) is 0 Å². The van der Waals surface area contributed by atoms with Gasteiger partial charge >= 0.3 is 0 Å². The topological polar surface area (TPSA) is 3.24 Å². The van der Waals surface area contributed by atoms with Crippen LogP contribution < -0.4 is 25.6 Å². The van der Waals surface area contributed by atoms with Crippen molar-refractivity contribution in [2.45, 2.75) is 0 Å². The summed E-state index contributed by atoms with van der Waals surface area (Å²) in [6.45, 7) is 0. The van der Waals surface area contributed by atoms with Gasteiger partial charge < -0.3 is 4.90 Å². The van der Waals surface area contributed by atoms with Crippen molar-refractivity contribution < 1.29 is 0 Å². The van der Waals surface area contributed by atoms with E-state index in [1.165, 1.54) is 95.6 Å². The van der Waals surface area contributed by atoms with Gasteiger partial charge in [-0.25, -0.2) is 0 Å². The molecule has 2 aromatic heterocycles. The van der Waals surface area contributed by atoms with Gasteiger partial charge in [0.1, 0.15) is 0 Å². The third kappa shape index (κ3) is 8.44. The first kappa shape index (κ1) is 47.4. The second-order valence-electron chi connectivity index (χ2n) is 20.1. The van der Waals surface area contributed by atoms with Gasteiger partial charge in [0.15, 0.2) is 8.07 Å². The van der Waals surface area contributed by atoms with Gasteiger partial charge in [-0.05, 0) is 130 Å². The number of hydrogen-bond donors (Lipinski definition) is 0. The smallest absolute Gasteiger partial charge is 0.179 e. The van der Waals surface area contributed by atoms with E-state index < -0.39 is 23.1 Å². The van der Waals surface area contributed by atoms with E-state index in [0.29, 0.717) is 0 Å². The van der Waals surface area contributed by atoms with Crippen LogP contribution in [0.2, 0.25) is 0 Å². The highest BCUT2D eigenvalue weighted by Gasteiger charge is 2.41. The minimum absolute atomic E-state index is 0.803. The normalized spacial score (nSPS) is 12.3. The Morgan fingerprint density at radius 3 is 1.03 bits per heavy atom. The summed E-state index contributed by atoms with van der Waals surface area (Å²) in [5.41, 5.74) is 8.35. The highest BCUT2D eigenvalue weighted by Crippen LogP contribution is 2.58. The summed E-state index contributed by atoms with van der Waals surface area (Å²) in [4.78, 5) is 2.38. The van der Waals surface area contributed by atoms with E-state index in [1.54, 1.807) is 0 Å².